The van der Waals surface area contributed by atoms with Crippen LogP contribution in [-0.4, -0.2) is 0 Å². The molecule has 0 N–H and O–H groups in total. The van der Waals surface area contributed by atoms with Crippen molar-refractivity contribution in [3.63, 3.8) is 0 Å². The fourth-order valence-electron chi connectivity index (χ4n) is 1.84. The van der Waals surface area contributed by atoms with E-state index in [1.54, 1.807) is 0 Å². The van der Waals surface area contributed by atoms with Crippen LogP contribution in [0.5, 0.6) is 5.75 Å². The molecule has 4 heteroatoms. The lowest BCUT2D eigenvalue weighted by Gasteiger charge is -2.14. The molecule has 1 nitrogen and oxygen atoms in total. The molecule has 19 heavy (non-hydrogen) atoms. The van der Waals surface area contributed by atoms with Gasteiger partial charge >= 0.3 is 0 Å². The first-order valence-corrected chi connectivity index (χ1v) is 8.81. The summed E-state index contributed by atoms with van der Waals surface area (Å²) in [5.41, 5.74) is 3.50. The molecular formula is C15H13Br2IO. The highest BCUT2D eigenvalue weighted by Crippen LogP contribution is 2.30. The molecule has 0 aromatic heterocycles. The Balaban J connectivity index is 2.17. The summed E-state index contributed by atoms with van der Waals surface area (Å²) in [5.74, 6) is 0.971. The number of halogens is 3. The fraction of sp³-hybridized carbons (Fsp3) is 0.200. The van der Waals surface area contributed by atoms with Crippen LogP contribution in [0.2, 0.25) is 0 Å². The van der Waals surface area contributed by atoms with Crippen LogP contribution in [0.15, 0.2) is 40.9 Å². The molecule has 0 spiro atoms. The Morgan fingerprint density at radius 3 is 2.47 bits per heavy atom. The third-order valence-electron chi connectivity index (χ3n) is 2.76. The Morgan fingerprint density at radius 2 is 1.84 bits per heavy atom. The van der Waals surface area contributed by atoms with E-state index in [2.05, 4.69) is 97.8 Å². The molecule has 0 fully saturated rings. The minimum atomic E-state index is 0.597. The van der Waals surface area contributed by atoms with Gasteiger partial charge in [-0.15, -0.1) is 0 Å². The normalized spacial score (nSPS) is 10.5. The Hall–Kier alpha value is -0.0700. The summed E-state index contributed by atoms with van der Waals surface area (Å²) in [5, 5.41) is 0.787. The molecule has 2 aromatic rings. The van der Waals surface area contributed by atoms with E-state index in [1.807, 2.05) is 0 Å². The number of ether oxygens (including phenoxy) is 1. The second-order valence-corrected chi connectivity index (χ2v) is 6.98. The molecule has 0 aliphatic carbocycles. The van der Waals surface area contributed by atoms with Gasteiger partial charge in [-0.2, -0.15) is 0 Å². The van der Waals surface area contributed by atoms with Gasteiger partial charge in [0.05, 0.1) is 0 Å². The third kappa shape index (κ3) is 4.20. The van der Waals surface area contributed by atoms with Crippen LogP contribution < -0.4 is 4.74 Å². The molecule has 0 bridgehead atoms. The first-order valence-electron chi connectivity index (χ1n) is 5.82. The highest BCUT2D eigenvalue weighted by molar-refractivity contribution is 14.1. The van der Waals surface area contributed by atoms with E-state index >= 15 is 0 Å². The number of rotatable bonds is 4. The Kier molecular flexibility index (Phi) is 5.71. The average Bonchev–Trinajstić information content (AvgIpc) is 2.39. The molecule has 0 aliphatic rings. The van der Waals surface area contributed by atoms with Gasteiger partial charge in [0.25, 0.3) is 0 Å². The lowest BCUT2D eigenvalue weighted by molar-refractivity contribution is 0.301. The molecule has 0 atom stereocenters. The smallest absolute Gasteiger partial charge is 0.126 e. The van der Waals surface area contributed by atoms with Gasteiger partial charge < -0.3 is 4.74 Å². The molecule has 0 saturated heterocycles. The first-order chi connectivity index (χ1) is 9.10. The predicted octanol–water partition coefficient (Wildman–Crippen LogP) is 5.84. The van der Waals surface area contributed by atoms with Gasteiger partial charge in [0.15, 0.2) is 0 Å². The molecule has 0 aliphatic heterocycles. The van der Waals surface area contributed by atoms with Crippen molar-refractivity contribution in [3.05, 3.63) is 61.1 Å². The molecule has 0 heterocycles. The second kappa shape index (κ2) is 7.09. The zero-order chi connectivity index (χ0) is 13.8. The third-order valence-corrected chi connectivity index (χ3v) is 4.54. The molecule has 0 radical (unpaired) electrons. The van der Waals surface area contributed by atoms with Crippen molar-refractivity contribution < 1.29 is 4.74 Å². The van der Waals surface area contributed by atoms with E-state index in [0.717, 1.165) is 26.7 Å². The summed E-state index contributed by atoms with van der Waals surface area (Å²) in [4.78, 5) is 0. The molecule has 2 aromatic carbocycles. The van der Waals surface area contributed by atoms with Crippen molar-refractivity contribution >= 4 is 54.5 Å². The SMILES string of the molecule is Cc1cc(Br)cc(CBr)c1OCc1ccc(I)cc1. The van der Waals surface area contributed by atoms with Crippen LogP contribution in [-0.2, 0) is 11.9 Å². The van der Waals surface area contributed by atoms with Crippen molar-refractivity contribution in [3.8, 4) is 5.75 Å². The quantitative estimate of drug-likeness (QED) is 0.383. The number of alkyl halides is 1. The molecule has 0 unspecified atom stereocenters. The predicted molar refractivity (Wildman–Crippen MR) is 95.0 cm³/mol. The molecule has 2 rings (SSSR count). The van der Waals surface area contributed by atoms with Crippen LogP contribution >= 0.6 is 54.5 Å². The maximum absolute atomic E-state index is 5.99. The number of hydrogen-bond donors (Lipinski definition) is 0. The van der Waals surface area contributed by atoms with Gasteiger partial charge in [0, 0.05) is 18.9 Å². The van der Waals surface area contributed by atoms with Crippen LogP contribution in [0.3, 0.4) is 0 Å². The summed E-state index contributed by atoms with van der Waals surface area (Å²) in [6.45, 7) is 2.67. The van der Waals surface area contributed by atoms with Crippen LogP contribution in [0.4, 0.5) is 0 Å². The van der Waals surface area contributed by atoms with E-state index in [1.165, 1.54) is 9.13 Å². The van der Waals surface area contributed by atoms with Gasteiger partial charge in [0.2, 0.25) is 0 Å². The van der Waals surface area contributed by atoms with Gasteiger partial charge in [-0.25, -0.2) is 0 Å². The van der Waals surface area contributed by atoms with E-state index in [9.17, 15) is 0 Å². The monoisotopic (exact) mass is 494 g/mol. The maximum atomic E-state index is 5.99. The van der Waals surface area contributed by atoms with Gasteiger partial charge in [-0.1, -0.05) is 44.0 Å². The lowest BCUT2D eigenvalue weighted by atomic mass is 10.1. The highest BCUT2D eigenvalue weighted by Gasteiger charge is 2.08. The Labute approximate surface area is 144 Å². The first kappa shape index (κ1) is 15.3. The van der Waals surface area contributed by atoms with Gasteiger partial charge in [0.1, 0.15) is 12.4 Å². The average molecular weight is 496 g/mol. The molecule has 0 saturated carbocycles. The van der Waals surface area contributed by atoms with Crippen LogP contribution in [0, 0.1) is 10.5 Å². The Bertz CT molecular complexity index is 567. The lowest BCUT2D eigenvalue weighted by Crippen LogP contribution is -2.00. The molecule has 100 valence electrons. The standard InChI is InChI=1S/C15H13Br2IO/c1-10-6-13(17)7-12(8-16)15(10)19-9-11-2-4-14(18)5-3-11/h2-7H,8-9H2,1H3. The zero-order valence-electron chi connectivity index (χ0n) is 10.4. The van der Waals surface area contributed by atoms with E-state index in [0.29, 0.717) is 6.61 Å². The molecule has 0 amide bonds. The van der Waals surface area contributed by atoms with Crippen LogP contribution in [0.25, 0.3) is 0 Å². The summed E-state index contributed by atoms with van der Waals surface area (Å²) in [6.07, 6.45) is 0. The largest absolute Gasteiger partial charge is 0.488 e. The maximum Gasteiger partial charge on any atom is 0.126 e. The van der Waals surface area contributed by atoms with E-state index < -0.39 is 0 Å². The summed E-state index contributed by atoms with van der Waals surface area (Å²) >= 11 is 9.33. The minimum absolute atomic E-state index is 0.597. The van der Waals surface area contributed by atoms with Crippen molar-refractivity contribution in [1.29, 1.82) is 0 Å². The highest BCUT2D eigenvalue weighted by atomic mass is 127. The fourth-order valence-corrected chi connectivity index (χ4v) is 3.24. The van der Waals surface area contributed by atoms with Crippen molar-refractivity contribution in [1.82, 2.24) is 0 Å². The zero-order valence-corrected chi connectivity index (χ0v) is 15.7. The second-order valence-electron chi connectivity index (χ2n) is 4.26. The van der Waals surface area contributed by atoms with Gasteiger partial charge in [-0.05, 0) is 64.9 Å². The van der Waals surface area contributed by atoms with Crippen LogP contribution in [0.1, 0.15) is 16.7 Å². The number of benzene rings is 2. The van der Waals surface area contributed by atoms with E-state index in [-0.39, 0.29) is 0 Å². The minimum Gasteiger partial charge on any atom is -0.488 e. The summed E-state index contributed by atoms with van der Waals surface area (Å²) < 4.78 is 8.31. The summed E-state index contributed by atoms with van der Waals surface area (Å²) in [7, 11) is 0. The Morgan fingerprint density at radius 1 is 1.16 bits per heavy atom. The molecular weight excluding hydrogens is 483 g/mol. The topological polar surface area (TPSA) is 9.23 Å². The summed E-state index contributed by atoms with van der Waals surface area (Å²) in [6, 6.07) is 12.6. The van der Waals surface area contributed by atoms with Crippen molar-refractivity contribution in [2.45, 2.75) is 18.9 Å². The van der Waals surface area contributed by atoms with Crippen molar-refractivity contribution in [2.75, 3.05) is 0 Å². The van der Waals surface area contributed by atoms with Gasteiger partial charge in [-0.3, -0.25) is 0 Å². The number of aryl methyl sites for hydroxylation is 1. The number of hydrogen-bond acceptors (Lipinski definition) is 1. The van der Waals surface area contributed by atoms with Crippen molar-refractivity contribution in [2.24, 2.45) is 0 Å². The van der Waals surface area contributed by atoms with E-state index in [4.69, 9.17) is 4.74 Å².